The van der Waals surface area contributed by atoms with Crippen LogP contribution in [0.3, 0.4) is 0 Å². The highest BCUT2D eigenvalue weighted by Gasteiger charge is 2.18. The van der Waals surface area contributed by atoms with Crippen molar-refractivity contribution in [2.24, 2.45) is 0 Å². The maximum Gasteiger partial charge on any atom is 0.271 e. The van der Waals surface area contributed by atoms with Crippen LogP contribution in [0.1, 0.15) is 16.1 Å². The Morgan fingerprint density at radius 2 is 1.86 bits per heavy atom. The minimum atomic E-state index is -0.180. The highest BCUT2D eigenvalue weighted by atomic mass is 16.1. The van der Waals surface area contributed by atoms with Crippen molar-refractivity contribution in [1.82, 2.24) is 25.1 Å². The lowest BCUT2D eigenvalue weighted by molar-refractivity contribution is 0.0945. The van der Waals surface area contributed by atoms with E-state index < -0.39 is 0 Å². The molecule has 0 aliphatic carbocycles. The Morgan fingerprint density at radius 1 is 1.10 bits per heavy atom. The Hall–Kier alpha value is -2.77. The molecule has 0 spiro atoms. The summed E-state index contributed by atoms with van der Waals surface area (Å²) in [5.74, 6) is 0.648. The number of piperazine rings is 1. The summed E-state index contributed by atoms with van der Waals surface area (Å²) >= 11 is 0. The lowest BCUT2D eigenvalue weighted by Crippen LogP contribution is -2.46. The van der Waals surface area contributed by atoms with Crippen molar-refractivity contribution in [1.29, 1.82) is 0 Å². The third-order valence-electron chi connectivity index (χ3n) is 4.89. The average Bonchev–Trinajstić information content (AvgIpc) is 2.75. The second kappa shape index (κ2) is 10.7. The van der Waals surface area contributed by atoms with E-state index >= 15 is 0 Å². The number of carbonyl (C=O) groups excluding carboxylic acids is 1. The molecule has 0 atom stereocenters. The van der Waals surface area contributed by atoms with Crippen molar-refractivity contribution in [3.05, 3.63) is 60.1 Å². The van der Waals surface area contributed by atoms with Crippen LogP contribution in [0.25, 0.3) is 6.08 Å². The van der Waals surface area contributed by atoms with Gasteiger partial charge in [0, 0.05) is 45.8 Å². The monoisotopic (exact) mass is 394 g/mol. The van der Waals surface area contributed by atoms with E-state index in [0.717, 1.165) is 45.1 Å². The Kier molecular flexibility index (Phi) is 7.72. The summed E-state index contributed by atoms with van der Waals surface area (Å²) in [6.07, 6.45) is 7.65. The summed E-state index contributed by atoms with van der Waals surface area (Å²) in [6, 6.07) is 10.4. The van der Waals surface area contributed by atoms with Gasteiger partial charge >= 0.3 is 0 Å². The molecule has 1 N–H and O–H groups in total. The van der Waals surface area contributed by atoms with Crippen molar-refractivity contribution >= 4 is 17.8 Å². The summed E-state index contributed by atoms with van der Waals surface area (Å²) in [7, 11) is 3.94. The summed E-state index contributed by atoms with van der Waals surface area (Å²) in [6.45, 7) is 6.10. The number of nitrogens with one attached hydrogen (secondary N) is 1. The molecule has 1 aromatic heterocycles. The lowest BCUT2D eigenvalue weighted by atomic mass is 10.2. The zero-order chi connectivity index (χ0) is 20.5. The van der Waals surface area contributed by atoms with Gasteiger partial charge in [0.05, 0.1) is 12.4 Å². The number of nitrogens with zero attached hydrogens (tertiary/aromatic N) is 5. The smallest absolute Gasteiger partial charge is 0.271 e. The Morgan fingerprint density at radius 3 is 2.52 bits per heavy atom. The fourth-order valence-electron chi connectivity index (χ4n) is 3.15. The van der Waals surface area contributed by atoms with Gasteiger partial charge in [-0.05, 0) is 19.7 Å². The van der Waals surface area contributed by atoms with Crippen LogP contribution in [0.4, 0.5) is 5.82 Å². The molecule has 7 heteroatoms. The number of anilines is 1. The first-order valence-electron chi connectivity index (χ1n) is 10.1. The molecule has 29 heavy (non-hydrogen) atoms. The van der Waals surface area contributed by atoms with Gasteiger partial charge in [-0.1, -0.05) is 42.5 Å². The van der Waals surface area contributed by atoms with Crippen LogP contribution < -0.4 is 10.2 Å². The highest BCUT2D eigenvalue weighted by molar-refractivity contribution is 5.92. The van der Waals surface area contributed by atoms with Gasteiger partial charge in [0.25, 0.3) is 5.91 Å². The van der Waals surface area contributed by atoms with Crippen LogP contribution in [0.2, 0.25) is 0 Å². The van der Waals surface area contributed by atoms with Crippen molar-refractivity contribution in [3.8, 4) is 0 Å². The van der Waals surface area contributed by atoms with E-state index in [1.54, 1.807) is 12.4 Å². The van der Waals surface area contributed by atoms with Crippen molar-refractivity contribution in [2.45, 2.75) is 0 Å². The van der Waals surface area contributed by atoms with Crippen LogP contribution in [-0.4, -0.2) is 85.6 Å². The summed E-state index contributed by atoms with van der Waals surface area (Å²) in [4.78, 5) is 27.5. The number of rotatable bonds is 8. The number of aromatic nitrogens is 2. The molecular weight excluding hydrogens is 364 g/mol. The second-order valence-corrected chi connectivity index (χ2v) is 7.42. The topological polar surface area (TPSA) is 64.6 Å². The normalized spacial score (nSPS) is 15.2. The van der Waals surface area contributed by atoms with Crippen LogP contribution in [0, 0.1) is 0 Å². The molecule has 0 radical (unpaired) electrons. The molecule has 2 aromatic rings. The molecular formula is C22H30N6O. The van der Waals surface area contributed by atoms with E-state index in [4.69, 9.17) is 0 Å². The Labute approximate surface area is 173 Å². The largest absolute Gasteiger partial charge is 0.353 e. The number of amides is 1. The minimum absolute atomic E-state index is 0.180. The van der Waals surface area contributed by atoms with E-state index in [1.165, 1.54) is 5.56 Å². The fraction of sp³-hybridized carbons (Fsp3) is 0.409. The fourth-order valence-corrected chi connectivity index (χ4v) is 3.15. The number of hydrogen-bond acceptors (Lipinski definition) is 6. The number of likely N-dealkylation sites (N-methyl/N-ethyl adjacent to an activating group) is 1. The predicted molar refractivity (Wildman–Crippen MR) is 117 cm³/mol. The van der Waals surface area contributed by atoms with Crippen molar-refractivity contribution < 1.29 is 4.79 Å². The maximum atomic E-state index is 12.1. The van der Waals surface area contributed by atoms with Gasteiger partial charge in [-0.25, -0.2) is 9.97 Å². The third-order valence-corrected chi connectivity index (χ3v) is 4.89. The standard InChI is InChI=1S/C22H30N6O/c1-26(2)12-10-23-22(29)20-17-25-21(18-24-20)28-15-13-27(14-16-28)11-6-9-19-7-4-3-5-8-19/h3-9,17-18H,10-16H2,1-2H3,(H,23,29)/b9-6+. The van der Waals surface area contributed by atoms with Crippen molar-refractivity contribution in [2.75, 3.05) is 64.8 Å². The summed E-state index contributed by atoms with van der Waals surface area (Å²) in [5, 5.41) is 2.86. The van der Waals surface area contributed by atoms with Gasteiger partial charge in [0.2, 0.25) is 0 Å². The summed E-state index contributed by atoms with van der Waals surface area (Å²) in [5.41, 5.74) is 1.59. The molecule has 3 rings (SSSR count). The first-order chi connectivity index (χ1) is 14.1. The van der Waals surface area contributed by atoms with Crippen LogP contribution in [-0.2, 0) is 0 Å². The molecule has 1 aliphatic heterocycles. The Balaban J connectivity index is 1.43. The van der Waals surface area contributed by atoms with Crippen molar-refractivity contribution in [3.63, 3.8) is 0 Å². The molecule has 154 valence electrons. The molecule has 0 bridgehead atoms. The molecule has 1 saturated heterocycles. The third kappa shape index (κ3) is 6.66. The van der Waals surface area contributed by atoms with Gasteiger partial charge < -0.3 is 15.1 Å². The van der Waals surface area contributed by atoms with Gasteiger partial charge in [-0.15, -0.1) is 0 Å². The zero-order valence-electron chi connectivity index (χ0n) is 17.3. The molecule has 0 unspecified atom stereocenters. The van der Waals surface area contributed by atoms with E-state index in [0.29, 0.717) is 12.2 Å². The predicted octanol–water partition coefficient (Wildman–Crippen LogP) is 1.60. The van der Waals surface area contributed by atoms with Gasteiger partial charge in [-0.3, -0.25) is 9.69 Å². The number of hydrogen-bond donors (Lipinski definition) is 1. The molecule has 1 amide bonds. The molecule has 1 aliphatic rings. The number of benzene rings is 1. The summed E-state index contributed by atoms with van der Waals surface area (Å²) < 4.78 is 0. The van der Waals surface area contributed by atoms with E-state index in [9.17, 15) is 4.79 Å². The lowest BCUT2D eigenvalue weighted by Gasteiger charge is -2.34. The minimum Gasteiger partial charge on any atom is -0.353 e. The molecule has 2 heterocycles. The maximum absolute atomic E-state index is 12.1. The van der Waals surface area contributed by atoms with Gasteiger partial charge in [0.15, 0.2) is 0 Å². The SMILES string of the molecule is CN(C)CCNC(=O)c1cnc(N2CCN(C/C=C/c3ccccc3)CC2)cn1. The average molecular weight is 395 g/mol. The second-order valence-electron chi connectivity index (χ2n) is 7.42. The van der Waals surface area contributed by atoms with E-state index in [-0.39, 0.29) is 5.91 Å². The Bertz CT molecular complexity index is 783. The number of carbonyl (C=O) groups is 1. The quantitative estimate of drug-likeness (QED) is 0.734. The van der Waals surface area contributed by atoms with Crippen LogP contribution in [0.15, 0.2) is 48.8 Å². The molecule has 7 nitrogen and oxygen atoms in total. The zero-order valence-corrected chi connectivity index (χ0v) is 17.3. The van der Waals surface area contributed by atoms with Crippen LogP contribution in [0.5, 0.6) is 0 Å². The highest BCUT2D eigenvalue weighted by Crippen LogP contribution is 2.12. The van der Waals surface area contributed by atoms with E-state index in [1.807, 2.05) is 25.1 Å². The first-order valence-corrected chi connectivity index (χ1v) is 10.1. The van der Waals surface area contributed by atoms with Crippen LogP contribution >= 0.6 is 0 Å². The molecule has 1 fully saturated rings. The van der Waals surface area contributed by atoms with Gasteiger partial charge in [0.1, 0.15) is 11.5 Å². The van der Waals surface area contributed by atoms with E-state index in [2.05, 4.69) is 61.5 Å². The first kappa shape index (κ1) is 21.0. The van der Waals surface area contributed by atoms with Gasteiger partial charge in [-0.2, -0.15) is 0 Å². The molecule has 1 aromatic carbocycles. The molecule has 0 saturated carbocycles.